The summed E-state index contributed by atoms with van der Waals surface area (Å²) in [6.07, 6.45) is 6.07. The van der Waals surface area contributed by atoms with Gasteiger partial charge in [-0.2, -0.15) is 0 Å². The van der Waals surface area contributed by atoms with Gasteiger partial charge in [-0.1, -0.05) is 41.3 Å². The monoisotopic (exact) mass is 461 g/mol. The van der Waals surface area contributed by atoms with Crippen LogP contribution in [0, 0.1) is 0 Å². The summed E-state index contributed by atoms with van der Waals surface area (Å²) in [5.74, 6) is -0.00195. The number of benzene rings is 2. The van der Waals surface area contributed by atoms with Gasteiger partial charge in [-0.25, -0.2) is 0 Å². The van der Waals surface area contributed by atoms with Gasteiger partial charge < -0.3 is 14.9 Å². The molecule has 2 aromatic carbocycles. The van der Waals surface area contributed by atoms with Crippen molar-refractivity contribution in [2.24, 2.45) is 0 Å². The first-order chi connectivity index (χ1) is 13.5. The van der Waals surface area contributed by atoms with Gasteiger partial charge in [0.05, 0.1) is 0 Å². The Morgan fingerprint density at radius 2 is 1.82 bits per heavy atom. The topological polar surface area (TPSA) is 44.4 Å². The molecule has 1 saturated carbocycles. The Bertz CT molecular complexity index is 789. The van der Waals surface area contributed by atoms with Gasteiger partial charge in [0, 0.05) is 32.7 Å². The third kappa shape index (κ3) is 5.52. The van der Waals surface area contributed by atoms with Crippen molar-refractivity contribution in [1.82, 2.24) is 10.2 Å². The molecule has 2 aromatic rings. The number of carbonyl (C=O) groups excluding carboxylic acids is 1. The summed E-state index contributed by atoms with van der Waals surface area (Å²) in [6, 6.07) is 15.8. The Labute approximate surface area is 180 Å². The van der Waals surface area contributed by atoms with Crippen LogP contribution in [0.1, 0.15) is 42.5 Å². The van der Waals surface area contributed by atoms with Crippen molar-refractivity contribution in [2.75, 3.05) is 25.4 Å². The number of nitrogens with zero attached hydrogens (tertiary/aromatic N) is 1. The van der Waals surface area contributed by atoms with E-state index in [1.807, 2.05) is 48.5 Å². The van der Waals surface area contributed by atoms with E-state index in [2.05, 4.69) is 45.0 Å². The molecule has 1 fully saturated rings. The molecule has 0 aromatic heterocycles. The molecule has 28 heavy (non-hydrogen) atoms. The summed E-state index contributed by atoms with van der Waals surface area (Å²) < 4.78 is 4.37. The van der Waals surface area contributed by atoms with Crippen molar-refractivity contribution in [3.8, 4) is 0 Å². The maximum atomic E-state index is 12.8. The molecule has 0 radical (unpaired) electrons. The second-order valence-corrected chi connectivity index (χ2v) is 9.40. The molecule has 0 atom stereocenters. The summed E-state index contributed by atoms with van der Waals surface area (Å²) in [7, 11) is 4.26. The van der Waals surface area contributed by atoms with Crippen LogP contribution in [0.4, 0.5) is 5.69 Å². The molecule has 4 nitrogen and oxygen atoms in total. The molecule has 2 N–H and O–H groups in total. The minimum Gasteiger partial charge on any atom is -0.350 e. The van der Waals surface area contributed by atoms with E-state index in [0.29, 0.717) is 12.1 Å². The summed E-state index contributed by atoms with van der Waals surface area (Å²) in [6.45, 7) is 0.702. The van der Waals surface area contributed by atoms with Gasteiger partial charge in [0.15, 0.2) is 0 Å². The van der Waals surface area contributed by atoms with Gasteiger partial charge in [-0.3, -0.25) is 4.79 Å². The van der Waals surface area contributed by atoms with Crippen molar-refractivity contribution in [1.29, 1.82) is 0 Å². The predicted octanol–water partition coefficient (Wildman–Crippen LogP) is 5.56. The van der Waals surface area contributed by atoms with E-state index < -0.39 is 0 Å². The molecule has 1 amide bonds. The maximum Gasteiger partial charge on any atom is 0.251 e. The van der Waals surface area contributed by atoms with Crippen LogP contribution in [0.5, 0.6) is 0 Å². The van der Waals surface area contributed by atoms with E-state index in [4.69, 9.17) is 0 Å². The van der Waals surface area contributed by atoms with E-state index in [9.17, 15) is 4.79 Å². The zero-order valence-corrected chi connectivity index (χ0v) is 18.9. The number of amides is 1. The van der Waals surface area contributed by atoms with Crippen molar-refractivity contribution in [2.45, 2.75) is 42.5 Å². The summed E-state index contributed by atoms with van der Waals surface area (Å²) in [5, 5.41) is 3.18. The highest BCUT2D eigenvalue weighted by molar-refractivity contribution is 9.10. The standard InChI is InChI=1S/C22H28BrN3OS/c1-26(2)22(13-4-3-5-14-22)16-24-21(27)17-7-6-8-20(15-17)28-25-19-11-9-18(23)10-12-19/h6-12,15,25H,3-5,13-14,16H2,1-2H3,(H,24,27). The Balaban J connectivity index is 1.59. The second kappa shape index (κ2) is 9.81. The largest absolute Gasteiger partial charge is 0.350 e. The smallest absolute Gasteiger partial charge is 0.251 e. The van der Waals surface area contributed by atoms with Crippen LogP contribution in [0.3, 0.4) is 0 Å². The second-order valence-electron chi connectivity index (χ2n) is 7.60. The fraction of sp³-hybridized carbons (Fsp3) is 0.409. The number of carbonyl (C=O) groups is 1. The Kier molecular flexibility index (Phi) is 7.43. The van der Waals surface area contributed by atoms with Gasteiger partial charge in [-0.05, 0) is 81.3 Å². The van der Waals surface area contributed by atoms with Gasteiger partial charge >= 0.3 is 0 Å². The van der Waals surface area contributed by atoms with E-state index >= 15 is 0 Å². The molecule has 0 bridgehead atoms. The minimum absolute atomic E-state index is 0.00195. The molecule has 1 aliphatic rings. The third-order valence-electron chi connectivity index (χ3n) is 5.54. The molecule has 0 unspecified atom stereocenters. The number of hydrogen-bond acceptors (Lipinski definition) is 4. The third-order valence-corrected chi connectivity index (χ3v) is 6.89. The van der Waals surface area contributed by atoms with Crippen LogP contribution in [-0.4, -0.2) is 37.0 Å². The predicted molar refractivity (Wildman–Crippen MR) is 122 cm³/mol. The van der Waals surface area contributed by atoms with Crippen LogP contribution in [0.15, 0.2) is 57.9 Å². The van der Waals surface area contributed by atoms with Crippen LogP contribution < -0.4 is 10.0 Å². The van der Waals surface area contributed by atoms with E-state index in [-0.39, 0.29) is 11.4 Å². The zero-order valence-electron chi connectivity index (χ0n) is 16.5. The van der Waals surface area contributed by atoms with E-state index in [1.165, 1.54) is 31.2 Å². The molecule has 6 heteroatoms. The molecule has 0 spiro atoms. The molecule has 1 aliphatic carbocycles. The van der Waals surface area contributed by atoms with Gasteiger partial charge in [0.25, 0.3) is 5.91 Å². The summed E-state index contributed by atoms with van der Waals surface area (Å²) >= 11 is 4.95. The number of halogens is 1. The zero-order chi connectivity index (χ0) is 20.0. The highest BCUT2D eigenvalue weighted by atomic mass is 79.9. The van der Waals surface area contributed by atoms with Crippen LogP contribution in [-0.2, 0) is 0 Å². The average molecular weight is 462 g/mol. The first-order valence-corrected chi connectivity index (χ1v) is 11.3. The van der Waals surface area contributed by atoms with Crippen LogP contribution in [0.25, 0.3) is 0 Å². The Hall–Kier alpha value is -1.50. The molecular weight excluding hydrogens is 434 g/mol. The molecule has 0 saturated heterocycles. The lowest BCUT2D eigenvalue weighted by atomic mass is 9.80. The van der Waals surface area contributed by atoms with Gasteiger partial charge in [0.2, 0.25) is 0 Å². The maximum absolute atomic E-state index is 12.8. The lowest BCUT2D eigenvalue weighted by molar-refractivity contribution is 0.0799. The quantitative estimate of drug-likeness (QED) is 0.529. The highest BCUT2D eigenvalue weighted by Crippen LogP contribution is 2.31. The SMILES string of the molecule is CN(C)C1(CNC(=O)c2cccc(SNc3ccc(Br)cc3)c2)CCCCC1. The molecule has 150 valence electrons. The van der Waals surface area contributed by atoms with Crippen molar-refractivity contribution >= 4 is 39.5 Å². The summed E-state index contributed by atoms with van der Waals surface area (Å²) in [4.78, 5) is 16.1. The number of anilines is 1. The normalized spacial score (nSPS) is 16.0. The lowest BCUT2D eigenvalue weighted by Crippen LogP contribution is -2.53. The number of rotatable bonds is 7. The van der Waals surface area contributed by atoms with Crippen LogP contribution >= 0.6 is 27.9 Å². The number of hydrogen-bond donors (Lipinski definition) is 2. The molecule has 0 heterocycles. The van der Waals surface area contributed by atoms with E-state index in [0.717, 1.165) is 27.9 Å². The fourth-order valence-electron chi connectivity index (χ4n) is 3.68. The lowest BCUT2D eigenvalue weighted by Gasteiger charge is -2.43. The van der Waals surface area contributed by atoms with Crippen molar-refractivity contribution < 1.29 is 4.79 Å². The molecule has 3 rings (SSSR count). The Morgan fingerprint density at radius 1 is 1.11 bits per heavy atom. The van der Waals surface area contributed by atoms with Crippen molar-refractivity contribution in [3.05, 3.63) is 58.6 Å². The first kappa shape index (κ1) is 21.2. The molecular formula is C22H28BrN3OS. The number of likely N-dealkylation sites (N-methyl/N-ethyl adjacent to an activating group) is 1. The number of nitrogens with one attached hydrogen (secondary N) is 2. The highest BCUT2D eigenvalue weighted by Gasteiger charge is 2.34. The first-order valence-electron chi connectivity index (χ1n) is 9.73. The minimum atomic E-state index is -0.00195. The van der Waals surface area contributed by atoms with Crippen molar-refractivity contribution in [3.63, 3.8) is 0 Å². The van der Waals surface area contributed by atoms with Gasteiger partial charge in [-0.15, -0.1) is 0 Å². The Morgan fingerprint density at radius 3 is 2.50 bits per heavy atom. The fourth-order valence-corrected chi connectivity index (χ4v) is 4.64. The average Bonchev–Trinajstić information content (AvgIpc) is 2.72. The summed E-state index contributed by atoms with van der Waals surface area (Å²) in [5.41, 5.74) is 1.81. The van der Waals surface area contributed by atoms with Crippen LogP contribution in [0.2, 0.25) is 0 Å². The molecule has 0 aliphatic heterocycles. The van der Waals surface area contributed by atoms with Gasteiger partial charge in [0.1, 0.15) is 0 Å². The van der Waals surface area contributed by atoms with E-state index in [1.54, 1.807) is 0 Å².